The van der Waals surface area contributed by atoms with E-state index in [9.17, 15) is 9.90 Å². The molecule has 172 valence electrons. The highest BCUT2D eigenvalue weighted by molar-refractivity contribution is 5.94. The molecule has 6 heteroatoms. The zero-order chi connectivity index (χ0) is 22.6. The molecule has 1 unspecified atom stereocenters. The maximum atomic E-state index is 13.2. The Morgan fingerprint density at radius 1 is 1.16 bits per heavy atom. The smallest absolute Gasteiger partial charge is 0.253 e. The molecule has 2 aliphatic rings. The second-order valence-corrected chi connectivity index (χ2v) is 8.73. The van der Waals surface area contributed by atoms with Crippen molar-refractivity contribution in [3.8, 4) is 5.75 Å². The van der Waals surface area contributed by atoms with Crippen molar-refractivity contribution in [3.05, 3.63) is 65.2 Å². The zero-order valence-electron chi connectivity index (χ0n) is 19.1. The minimum absolute atomic E-state index is 0.000338. The van der Waals surface area contributed by atoms with Gasteiger partial charge in [0.2, 0.25) is 0 Å². The van der Waals surface area contributed by atoms with Gasteiger partial charge in [0.25, 0.3) is 5.91 Å². The summed E-state index contributed by atoms with van der Waals surface area (Å²) in [5.41, 5.74) is 2.23. The number of ether oxygens (including phenoxy) is 2. The van der Waals surface area contributed by atoms with Gasteiger partial charge in [-0.2, -0.15) is 0 Å². The average Bonchev–Trinajstić information content (AvgIpc) is 2.84. The summed E-state index contributed by atoms with van der Waals surface area (Å²) in [5.74, 6) is 0.631. The number of carbonyl (C=O) groups excluding carboxylic acids is 1. The van der Waals surface area contributed by atoms with E-state index in [-0.39, 0.29) is 24.2 Å². The van der Waals surface area contributed by atoms with Crippen molar-refractivity contribution in [1.82, 2.24) is 9.80 Å². The SMILES string of the molecule is CCOc1ccc(C(=O)N2CCC3(CC2)CN(CC)CC(c2ccccc2)O3)cc1CO. The minimum atomic E-state index is -0.222. The van der Waals surface area contributed by atoms with E-state index in [0.717, 1.165) is 32.5 Å². The van der Waals surface area contributed by atoms with Crippen LogP contribution in [0.15, 0.2) is 48.5 Å². The molecule has 2 aromatic rings. The first-order valence-electron chi connectivity index (χ1n) is 11.7. The number of hydrogen-bond donors (Lipinski definition) is 1. The first kappa shape index (κ1) is 22.8. The number of hydrogen-bond acceptors (Lipinski definition) is 5. The predicted molar refractivity (Wildman–Crippen MR) is 124 cm³/mol. The summed E-state index contributed by atoms with van der Waals surface area (Å²) < 4.78 is 12.3. The zero-order valence-corrected chi connectivity index (χ0v) is 19.1. The summed E-state index contributed by atoms with van der Waals surface area (Å²) in [4.78, 5) is 17.5. The standard InChI is InChI=1S/C26H34N2O4/c1-3-27-17-24(20-8-6-5-7-9-20)32-26(19-27)12-14-28(15-13-26)25(30)21-10-11-23(31-4-2)22(16-21)18-29/h5-11,16,24,29H,3-4,12-15,17-19H2,1-2H3. The fraction of sp³-hybridized carbons (Fsp3) is 0.500. The third-order valence-corrected chi connectivity index (χ3v) is 6.69. The van der Waals surface area contributed by atoms with Gasteiger partial charge in [-0.3, -0.25) is 9.69 Å². The molecule has 2 fully saturated rings. The summed E-state index contributed by atoms with van der Waals surface area (Å²) >= 11 is 0. The molecule has 1 spiro atoms. The molecule has 0 aromatic heterocycles. The Labute approximate surface area is 190 Å². The van der Waals surface area contributed by atoms with E-state index in [1.807, 2.05) is 17.9 Å². The lowest BCUT2D eigenvalue weighted by molar-refractivity contribution is -0.175. The van der Waals surface area contributed by atoms with Crippen molar-refractivity contribution in [2.24, 2.45) is 0 Å². The number of carbonyl (C=O) groups is 1. The molecule has 0 radical (unpaired) electrons. The van der Waals surface area contributed by atoms with Gasteiger partial charge in [-0.15, -0.1) is 0 Å². The number of rotatable bonds is 6. The molecule has 0 aliphatic carbocycles. The normalized spacial score (nSPS) is 21.0. The van der Waals surface area contributed by atoms with Crippen LogP contribution in [0.3, 0.4) is 0 Å². The summed E-state index contributed by atoms with van der Waals surface area (Å²) in [6.07, 6.45) is 1.70. The van der Waals surface area contributed by atoms with E-state index < -0.39 is 0 Å². The topological polar surface area (TPSA) is 62.2 Å². The van der Waals surface area contributed by atoms with Crippen LogP contribution in [0.25, 0.3) is 0 Å². The summed E-state index contributed by atoms with van der Waals surface area (Å²) in [5, 5.41) is 9.67. The lowest BCUT2D eigenvalue weighted by Gasteiger charge is -2.50. The van der Waals surface area contributed by atoms with Crippen LogP contribution in [-0.2, 0) is 11.3 Å². The molecule has 2 aliphatic heterocycles. The molecule has 4 rings (SSSR count). The Bertz CT molecular complexity index is 909. The molecule has 2 saturated heterocycles. The van der Waals surface area contributed by atoms with Gasteiger partial charge < -0.3 is 19.5 Å². The fourth-order valence-corrected chi connectivity index (χ4v) is 4.87. The second kappa shape index (κ2) is 10.0. The van der Waals surface area contributed by atoms with Gasteiger partial charge >= 0.3 is 0 Å². The third-order valence-electron chi connectivity index (χ3n) is 6.69. The lowest BCUT2D eigenvalue weighted by Crippen LogP contribution is -2.58. The van der Waals surface area contributed by atoms with E-state index in [1.54, 1.807) is 18.2 Å². The van der Waals surface area contributed by atoms with Crippen LogP contribution < -0.4 is 4.74 Å². The van der Waals surface area contributed by atoms with Gasteiger partial charge in [0.15, 0.2) is 0 Å². The van der Waals surface area contributed by atoms with Crippen molar-refractivity contribution in [3.63, 3.8) is 0 Å². The van der Waals surface area contributed by atoms with E-state index >= 15 is 0 Å². The van der Waals surface area contributed by atoms with Crippen molar-refractivity contribution in [2.45, 2.75) is 45.0 Å². The van der Waals surface area contributed by atoms with Crippen molar-refractivity contribution in [2.75, 3.05) is 39.3 Å². The van der Waals surface area contributed by atoms with E-state index in [2.05, 4.69) is 36.1 Å². The maximum Gasteiger partial charge on any atom is 0.253 e. The van der Waals surface area contributed by atoms with E-state index in [4.69, 9.17) is 9.47 Å². The number of nitrogens with zero attached hydrogens (tertiary/aromatic N) is 2. The third kappa shape index (κ3) is 4.82. The van der Waals surface area contributed by atoms with Gasteiger partial charge in [0, 0.05) is 37.3 Å². The number of amides is 1. The first-order chi connectivity index (χ1) is 15.6. The quantitative estimate of drug-likeness (QED) is 0.746. The van der Waals surface area contributed by atoms with Gasteiger partial charge in [-0.25, -0.2) is 0 Å². The molecule has 1 atom stereocenters. The monoisotopic (exact) mass is 438 g/mol. The van der Waals surface area contributed by atoms with Gasteiger partial charge in [-0.05, 0) is 50.1 Å². The Morgan fingerprint density at radius 2 is 1.91 bits per heavy atom. The molecule has 2 heterocycles. The van der Waals surface area contributed by atoms with Crippen LogP contribution in [0, 0.1) is 0 Å². The van der Waals surface area contributed by atoms with Crippen LogP contribution in [0.2, 0.25) is 0 Å². The Balaban J connectivity index is 1.45. The Hall–Kier alpha value is -2.41. The predicted octanol–water partition coefficient (Wildman–Crippen LogP) is 3.65. The fourth-order valence-electron chi connectivity index (χ4n) is 4.87. The molecule has 2 aromatic carbocycles. The number of likely N-dealkylation sites (tertiary alicyclic amines) is 1. The van der Waals surface area contributed by atoms with Crippen LogP contribution in [-0.4, -0.2) is 65.7 Å². The molecule has 1 amide bonds. The summed E-state index contributed by atoms with van der Waals surface area (Å²) in [6.45, 7) is 8.61. The van der Waals surface area contributed by atoms with Gasteiger partial charge in [0.1, 0.15) is 5.75 Å². The van der Waals surface area contributed by atoms with Gasteiger partial charge in [-0.1, -0.05) is 37.3 Å². The molecule has 0 bridgehead atoms. The summed E-state index contributed by atoms with van der Waals surface area (Å²) in [7, 11) is 0. The number of piperidine rings is 1. The highest BCUT2D eigenvalue weighted by Crippen LogP contribution is 2.38. The van der Waals surface area contributed by atoms with Crippen LogP contribution in [0.1, 0.15) is 54.3 Å². The minimum Gasteiger partial charge on any atom is -0.494 e. The van der Waals surface area contributed by atoms with Crippen molar-refractivity contribution >= 4 is 5.91 Å². The highest BCUT2D eigenvalue weighted by Gasteiger charge is 2.43. The Kier molecular flexibility index (Phi) is 7.13. The first-order valence-corrected chi connectivity index (χ1v) is 11.7. The highest BCUT2D eigenvalue weighted by atomic mass is 16.5. The second-order valence-electron chi connectivity index (χ2n) is 8.73. The largest absolute Gasteiger partial charge is 0.494 e. The summed E-state index contributed by atoms with van der Waals surface area (Å²) in [6, 6.07) is 15.8. The molecule has 6 nitrogen and oxygen atoms in total. The van der Waals surface area contributed by atoms with Crippen LogP contribution >= 0.6 is 0 Å². The molecular weight excluding hydrogens is 404 g/mol. The molecule has 32 heavy (non-hydrogen) atoms. The lowest BCUT2D eigenvalue weighted by atomic mass is 9.87. The van der Waals surface area contributed by atoms with Crippen LogP contribution in [0.4, 0.5) is 0 Å². The van der Waals surface area contributed by atoms with Crippen LogP contribution in [0.5, 0.6) is 5.75 Å². The molecule has 0 saturated carbocycles. The number of aliphatic hydroxyl groups is 1. The number of morpholine rings is 1. The number of aliphatic hydroxyl groups excluding tert-OH is 1. The number of likely N-dealkylation sites (N-methyl/N-ethyl adjacent to an activating group) is 1. The van der Waals surface area contributed by atoms with Crippen molar-refractivity contribution < 1.29 is 19.4 Å². The van der Waals surface area contributed by atoms with E-state index in [1.165, 1.54) is 5.56 Å². The number of benzene rings is 2. The molecular formula is C26H34N2O4. The maximum absolute atomic E-state index is 13.2. The average molecular weight is 439 g/mol. The van der Waals surface area contributed by atoms with Gasteiger partial charge in [0.05, 0.1) is 24.9 Å². The van der Waals surface area contributed by atoms with Crippen molar-refractivity contribution in [1.29, 1.82) is 0 Å². The molecule has 1 N–H and O–H groups in total. The Morgan fingerprint density at radius 3 is 2.56 bits per heavy atom. The van der Waals surface area contributed by atoms with E-state index in [0.29, 0.717) is 36.6 Å².